The fraction of sp³-hybridized carbons (Fsp3) is 0.200. The van der Waals surface area contributed by atoms with E-state index in [4.69, 9.17) is 21.1 Å². The Labute approximate surface area is 127 Å². The fourth-order valence-electron chi connectivity index (χ4n) is 1.75. The monoisotopic (exact) mass is 307 g/mol. The summed E-state index contributed by atoms with van der Waals surface area (Å²) in [5.41, 5.74) is 1.56. The summed E-state index contributed by atoms with van der Waals surface area (Å²) < 4.78 is 10.7. The first-order valence-corrected chi connectivity index (χ1v) is 6.82. The van der Waals surface area contributed by atoms with Crippen molar-refractivity contribution in [3.05, 3.63) is 69.8 Å². The standard InChI is InChI=1S/C15H14ClNO4/c16-9-13-6-7-15(14(8-13)17(18)19)21-11-20-10-12-4-2-1-3-5-12/h1-8H,9-11H2. The van der Waals surface area contributed by atoms with Gasteiger partial charge in [-0.1, -0.05) is 36.4 Å². The summed E-state index contributed by atoms with van der Waals surface area (Å²) >= 11 is 5.66. The van der Waals surface area contributed by atoms with Crippen molar-refractivity contribution in [1.82, 2.24) is 0 Å². The first kappa shape index (κ1) is 15.3. The van der Waals surface area contributed by atoms with Crippen LogP contribution in [-0.4, -0.2) is 11.7 Å². The van der Waals surface area contributed by atoms with E-state index in [0.29, 0.717) is 12.2 Å². The Morgan fingerprint density at radius 1 is 1.10 bits per heavy atom. The molecule has 0 aliphatic carbocycles. The Bertz CT molecular complexity index is 604. The number of hydrogen-bond acceptors (Lipinski definition) is 4. The van der Waals surface area contributed by atoms with Crippen LogP contribution in [0.4, 0.5) is 5.69 Å². The van der Waals surface area contributed by atoms with Crippen molar-refractivity contribution >= 4 is 17.3 Å². The highest BCUT2D eigenvalue weighted by molar-refractivity contribution is 6.17. The summed E-state index contributed by atoms with van der Waals surface area (Å²) in [6.45, 7) is 0.324. The first-order valence-electron chi connectivity index (χ1n) is 6.28. The maximum atomic E-state index is 11.0. The van der Waals surface area contributed by atoms with Gasteiger partial charge in [-0.15, -0.1) is 11.6 Å². The van der Waals surface area contributed by atoms with E-state index in [0.717, 1.165) is 5.56 Å². The molecule has 0 bridgehead atoms. The molecule has 0 saturated carbocycles. The Kier molecular flexibility index (Phi) is 5.54. The topological polar surface area (TPSA) is 61.6 Å². The van der Waals surface area contributed by atoms with E-state index in [1.807, 2.05) is 30.3 Å². The molecule has 2 aromatic rings. The average molecular weight is 308 g/mol. The number of nitro benzene ring substituents is 1. The lowest BCUT2D eigenvalue weighted by atomic mass is 10.2. The first-order chi connectivity index (χ1) is 10.2. The second-order valence-electron chi connectivity index (χ2n) is 4.29. The molecule has 2 aromatic carbocycles. The van der Waals surface area contributed by atoms with Gasteiger partial charge in [-0.2, -0.15) is 0 Å². The molecule has 0 unspecified atom stereocenters. The molecule has 0 spiro atoms. The molecule has 2 rings (SSSR count). The molecule has 0 atom stereocenters. The van der Waals surface area contributed by atoms with E-state index < -0.39 is 4.92 Å². The van der Waals surface area contributed by atoms with Gasteiger partial charge in [0.25, 0.3) is 0 Å². The van der Waals surface area contributed by atoms with Gasteiger partial charge in [0.1, 0.15) is 0 Å². The SMILES string of the molecule is O=[N+]([O-])c1cc(CCl)ccc1OCOCc1ccccc1. The van der Waals surface area contributed by atoms with Crippen LogP contribution in [0.2, 0.25) is 0 Å². The molecular weight excluding hydrogens is 294 g/mol. The van der Waals surface area contributed by atoms with Gasteiger partial charge in [0.05, 0.1) is 11.5 Å². The summed E-state index contributed by atoms with van der Waals surface area (Å²) in [6.07, 6.45) is 0. The molecule has 5 nitrogen and oxygen atoms in total. The number of nitro groups is 1. The van der Waals surface area contributed by atoms with Gasteiger partial charge in [0.15, 0.2) is 12.5 Å². The zero-order chi connectivity index (χ0) is 15.1. The molecule has 0 aromatic heterocycles. The maximum absolute atomic E-state index is 11.0. The smallest absolute Gasteiger partial charge is 0.311 e. The van der Waals surface area contributed by atoms with Crippen molar-refractivity contribution in [3.63, 3.8) is 0 Å². The quantitative estimate of drug-likeness (QED) is 0.256. The number of rotatable bonds is 7. The highest BCUT2D eigenvalue weighted by Crippen LogP contribution is 2.28. The molecule has 0 heterocycles. The van der Waals surface area contributed by atoms with Crippen LogP contribution in [0.15, 0.2) is 48.5 Å². The van der Waals surface area contributed by atoms with Crippen LogP contribution in [-0.2, 0) is 17.2 Å². The van der Waals surface area contributed by atoms with Crippen molar-refractivity contribution < 1.29 is 14.4 Å². The zero-order valence-corrected chi connectivity index (χ0v) is 12.0. The summed E-state index contributed by atoms with van der Waals surface area (Å²) in [6, 6.07) is 14.2. The molecule has 0 amide bonds. The average Bonchev–Trinajstić information content (AvgIpc) is 2.52. The highest BCUT2D eigenvalue weighted by atomic mass is 35.5. The van der Waals surface area contributed by atoms with E-state index in [9.17, 15) is 10.1 Å². The second kappa shape index (κ2) is 7.61. The van der Waals surface area contributed by atoms with Gasteiger partial charge in [-0.05, 0) is 17.2 Å². The highest BCUT2D eigenvalue weighted by Gasteiger charge is 2.15. The lowest BCUT2D eigenvalue weighted by Gasteiger charge is -2.08. The fourth-order valence-corrected chi connectivity index (χ4v) is 1.92. The van der Waals surface area contributed by atoms with Crippen LogP contribution in [0.5, 0.6) is 5.75 Å². The maximum Gasteiger partial charge on any atom is 0.311 e. The predicted molar refractivity (Wildman–Crippen MR) is 79.4 cm³/mol. The Hall–Kier alpha value is -2.11. The number of alkyl halides is 1. The van der Waals surface area contributed by atoms with Gasteiger partial charge < -0.3 is 9.47 Å². The van der Waals surface area contributed by atoms with Gasteiger partial charge in [-0.3, -0.25) is 10.1 Å². The Morgan fingerprint density at radius 3 is 2.52 bits per heavy atom. The van der Waals surface area contributed by atoms with E-state index in [-0.39, 0.29) is 24.1 Å². The molecular formula is C15H14ClNO4. The summed E-state index contributed by atoms with van der Waals surface area (Å²) in [5, 5.41) is 11.0. The van der Waals surface area contributed by atoms with Crippen molar-refractivity contribution in [1.29, 1.82) is 0 Å². The minimum Gasteiger partial charge on any atom is -0.460 e. The van der Waals surface area contributed by atoms with Crippen molar-refractivity contribution in [2.45, 2.75) is 12.5 Å². The molecule has 110 valence electrons. The van der Waals surface area contributed by atoms with Crippen LogP contribution in [0.25, 0.3) is 0 Å². The lowest BCUT2D eigenvalue weighted by Crippen LogP contribution is -2.05. The number of ether oxygens (including phenoxy) is 2. The van der Waals surface area contributed by atoms with Gasteiger partial charge in [0, 0.05) is 11.9 Å². The van der Waals surface area contributed by atoms with Crippen LogP contribution in [0.1, 0.15) is 11.1 Å². The molecule has 0 aliphatic rings. The third-order valence-electron chi connectivity index (χ3n) is 2.78. The molecule has 0 aliphatic heterocycles. The second-order valence-corrected chi connectivity index (χ2v) is 4.56. The third-order valence-corrected chi connectivity index (χ3v) is 3.09. The number of halogens is 1. The van der Waals surface area contributed by atoms with Crippen LogP contribution in [0, 0.1) is 10.1 Å². The van der Waals surface area contributed by atoms with E-state index in [1.54, 1.807) is 6.07 Å². The minimum absolute atomic E-state index is 0.0596. The van der Waals surface area contributed by atoms with Gasteiger partial charge >= 0.3 is 5.69 Å². The third kappa shape index (κ3) is 4.44. The van der Waals surface area contributed by atoms with Gasteiger partial charge in [0.2, 0.25) is 0 Å². The molecule has 0 saturated heterocycles. The normalized spacial score (nSPS) is 10.3. The van der Waals surface area contributed by atoms with Crippen LogP contribution >= 0.6 is 11.6 Å². The summed E-state index contributed by atoms with van der Waals surface area (Å²) in [7, 11) is 0. The van der Waals surface area contributed by atoms with Crippen molar-refractivity contribution in [3.8, 4) is 5.75 Å². The largest absolute Gasteiger partial charge is 0.460 e. The number of benzene rings is 2. The Morgan fingerprint density at radius 2 is 1.86 bits per heavy atom. The molecule has 6 heteroatoms. The van der Waals surface area contributed by atoms with Gasteiger partial charge in [-0.25, -0.2) is 0 Å². The van der Waals surface area contributed by atoms with Crippen molar-refractivity contribution in [2.75, 3.05) is 6.79 Å². The minimum atomic E-state index is -0.497. The molecule has 0 fully saturated rings. The van der Waals surface area contributed by atoms with Crippen molar-refractivity contribution in [2.24, 2.45) is 0 Å². The molecule has 0 radical (unpaired) electrons. The lowest BCUT2D eigenvalue weighted by molar-refractivity contribution is -0.386. The molecule has 21 heavy (non-hydrogen) atoms. The number of hydrogen-bond donors (Lipinski definition) is 0. The predicted octanol–water partition coefficient (Wildman–Crippen LogP) is 3.89. The Balaban J connectivity index is 1.92. The summed E-state index contributed by atoms with van der Waals surface area (Å²) in [5.74, 6) is 0.382. The molecule has 0 N–H and O–H groups in total. The van der Waals surface area contributed by atoms with E-state index in [2.05, 4.69) is 0 Å². The number of nitrogens with zero attached hydrogens (tertiary/aromatic N) is 1. The van der Waals surface area contributed by atoms with E-state index in [1.165, 1.54) is 12.1 Å². The van der Waals surface area contributed by atoms with Crippen LogP contribution in [0.3, 0.4) is 0 Å². The van der Waals surface area contributed by atoms with E-state index >= 15 is 0 Å². The summed E-state index contributed by atoms with van der Waals surface area (Å²) in [4.78, 5) is 10.5. The zero-order valence-electron chi connectivity index (χ0n) is 11.2. The van der Waals surface area contributed by atoms with Crippen LogP contribution < -0.4 is 4.74 Å².